The molecule has 3 nitrogen and oxygen atoms in total. The number of halogens is 2. The van der Waals surface area contributed by atoms with Gasteiger partial charge in [-0.3, -0.25) is 0 Å². The Morgan fingerprint density at radius 3 is 2.71 bits per heavy atom. The van der Waals surface area contributed by atoms with Crippen molar-refractivity contribution in [1.29, 1.82) is 0 Å². The van der Waals surface area contributed by atoms with Crippen LogP contribution in [0, 0.1) is 16.3 Å². The van der Waals surface area contributed by atoms with Crippen molar-refractivity contribution >= 4 is 39.8 Å². The maximum atomic E-state index is 12.9. The Balaban J connectivity index is 2.28. The molecule has 2 aromatic rings. The first kappa shape index (κ1) is 12.1. The van der Waals surface area contributed by atoms with Crippen molar-refractivity contribution in [2.24, 2.45) is 0 Å². The summed E-state index contributed by atoms with van der Waals surface area (Å²) < 4.78 is 13.7. The van der Waals surface area contributed by atoms with Crippen molar-refractivity contribution in [3.8, 4) is 0 Å². The molecule has 0 spiro atoms. The maximum absolute atomic E-state index is 12.9. The molecule has 0 aliphatic carbocycles. The molecule has 0 bridgehead atoms. The van der Waals surface area contributed by atoms with Crippen LogP contribution in [0.1, 0.15) is 5.69 Å². The van der Waals surface area contributed by atoms with Gasteiger partial charge in [-0.15, -0.1) is 0 Å². The number of nitrogens with two attached hydrogens (primary N) is 1. The van der Waals surface area contributed by atoms with Crippen LogP contribution in [-0.2, 0) is 0 Å². The summed E-state index contributed by atoms with van der Waals surface area (Å²) in [5.74, 6) is 0.447. The number of nitrogen functional groups attached to an aromatic ring is 1. The fourth-order valence-electron chi connectivity index (χ4n) is 1.37. The van der Waals surface area contributed by atoms with E-state index in [1.807, 2.05) is 6.92 Å². The average molecular weight is 343 g/mol. The molecule has 0 aliphatic heterocycles. The van der Waals surface area contributed by atoms with E-state index >= 15 is 0 Å². The summed E-state index contributed by atoms with van der Waals surface area (Å²) in [6.07, 6.45) is 0. The number of rotatable bonds is 2. The summed E-state index contributed by atoms with van der Waals surface area (Å²) in [5.41, 5.74) is 7.94. The van der Waals surface area contributed by atoms with Gasteiger partial charge in [0.15, 0.2) is 0 Å². The van der Waals surface area contributed by atoms with Gasteiger partial charge in [-0.25, -0.2) is 9.37 Å². The summed E-state index contributed by atoms with van der Waals surface area (Å²) in [4.78, 5) is 4.30. The molecular weight excluding hydrogens is 332 g/mol. The lowest BCUT2D eigenvalue weighted by Crippen LogP contribution is -1.99. The number of aryl methyl sites for hydroxylation is 1. The molecule has 0 saturated heterocycles. The van der Waals surface area contributed by atoms with Gasteiger partial charge in [0, 0.05) is 3.57 Å². The second-order valence-electron chi connectivity index (χ2n) is 3.62. The van der Waals surface area contributed by atoms with Crippen molar-refractivity contribution in [2.75, 3.05) is 11.1 Å². The van der Waals surface area contributed by atoms with Gasteiger partial charge in [-0.1, -0.05) is 0 Å². The molecule has 17 heavy (non-hydrogen) atoms. The zero-order valence-corrected chi connectivity index (χ0v) is 11.3. The lowest BCUT2D eigenvalue weighted by molar-refractivity contribution is 0.627. The van der Waals surface area contributed by atoms with Gasteiger partial charge in [0.25, 0.3) is 0 Å². The number of benzene rings is 1. The second kappa shape index (κ2) is 4.87. The standard InChI is InChI=1S/C12H11FIN3/c1-7-10(15)3-5-12(16-7)17-11-4-2-8(13)6-9(11)14/h2-6H,15H2,1H3,(H,16,17). The Morgan fingerprint density at radius 2 is 2.06 bits per heavy atom. The molecule has 0 radical (unpaired) electrons. The first-order chi connectivity index (χ1) is 8.06. The highest BCUT2D eigenvalue weighted by atomic mass is 127. The van der Waals surface area contributed by atoms with Gasteiger partial charge in [-0.2, -0.15) is 0 Å². The quantitative estimate of drug-likeness (QED) is 0.821. The minimum Gasteiger partial charge on any atom is -0.397 e. The molecule has 5 heteroatoms. The number of pyridine rings is 1. The van der Waals surface area contributed by atoms with E-state index < -0.39 is 0 Å². The first-order valence-corrected chi connectivity index (χ1v) is 6.09. The molecule has 1 aromatic heterocycles. The molecule has 0 aliphatic rings. The highest BCUT2D eigenvalue weighted by Crippen LogP contribution is 2.23. The molecule has 0 unspecified atom stereocenters. The molecule has 0 amide bonds. The third-order valence-corrected chi connectivity index (χ3v) is 3.21. The van der Waals surface area contributed by atoms with E-state index in [0.29, 0.717) is 11.5 Å². The van der Waals surface area contributed by atoms with Crippen LogP contribution in [0.2, 0.25) is 0 Å². The predicted octanol–water partition coefficient (Wildman–Crippen LogP) is 3.46. The van der Waals surface area contributed by atoms with Crippen LogP contribution < -0.4 is 11.1 Å². The molecule has 1 heterocycles. The van der Waals surface area contributed by atoms with Crippen molar-refractivity contribution in [3.63, 3.8) is 0 Å². The summed E-state index contributed by atoms with van der Waals surface area (Å²) in [5, 5.41) is 3.13. The topological polar surface area (TPSA) is 50.9 Å². The normalized spacial score (nSPS) is 10.3. The maximum Gasteiger partial charge on any atom is 0.130 e. The molecule has 1 aromatic carbocycles. The Morgan fingerprint density at radius 1 is 1.29 bits per heavy atom. The lowest BCUT2D eigenvalue weighted by Gasteiger charge is -2.09. The van der Waals surface area contributed by atoms with Gasteiger partial charge in [0.2, 0.25) is 0 Å². The molecule has 88 valence electrons. The van der Waals surface area contributed by atoms with E-state index in [0.717, 1.165) is 15.0 Å². The predicted molar refractivity (Wildman–Crippen MR) is 75.8 cm³/mol. The average Bonchev–Trinajstić information content (AvgIpc) is 2.27. The summed E-state index contributed by atoms with van der Waals surface area (Å²) in [7, 11) is 0. The Bertz CT molecular complexity index is 557. The summed E-state index contributed by atoms with van der Waals surface area (Å²) in [6.45, 7) is 1.84. The fraction of sp³-hybridized carbons (Fsp3) is 0.0833. The number of hydrogen-bond donors (Lipinski definition) is 2. The number of aromatic nitrogens is 1. The second-order valence-corrected chi connectivity index (χ2v) is 4.78. The van der Waals surface area contributed by atoms with Crippen molar-refractivity contribution in [1.82, 2.24) is 4.98 Å². The highest BCUT2D eigenvalue weighted by molar-refractivity contribution is 14.1. The van der Waals surface area contributed by atoms with Crippen molar-refractivity contribution < 1.29 is 4.39 Å². The van der Waals surface area contributed by atoms with E-state index in [-0.39, 0.29) is 5.82 Å². The van der Waals surface area contributed by atoms with E-state index in [9.17, 15) is 4.39 Å². The van der Waals surface area contributed by atoms with Crippen LogP contribution in [0.25, 0.3) is 0 Å². The minimum absolute atomic E-state index is 0.249. The summed E-state index contributed by atoms with van der Waals surface area (Å²) >= 11 is 2.07. The Kier molecular flexibility index (Phi) is 3.46. The number of hydrogen-bond acceptors (Lipinski definition) is 3. The third-order valence-electron chi connectivity index (χ3n) is 2.32. The van der Waals surface area contributed by atoms with Gasteiger partial charge in [0.05, 0.1) is 17.1 Å². The summed E-state index contributed by atoms with van der Waals surface area (Å²) in [6, 6.07) is 8.15. The SMILES string of the molecule is Cc1nc(Nc2ccc(F)cc2I)ccc1N. The van der Waals surface area contributed by atoms with Crippen LogP contribution in [0.4, 0.5) is 21.6 Å². The number of nitrogens with zero attached hydrogens (tertiary/aromatic N) is 1. The fourth-order valence-corrected chi connectivity index (χ4v) is 1.98. The minimum atomic E-state index is -0.249. The first-order valence-electron chi connectivity index (χ1n) is 5.01. The zero-order valence-electron chi connectivity index (χ0n) is 9.17. The van der Waals surface area contributed by atoms with Crippen molar-refractivity contribution in [3.05, 3.63) is 45.4 Å². The van der Waals surface area contributed by atoms with E-state index in [4.69, 9.17) is 5.73 Å². The molecule has 0 fully saturated rings. The largest absolute Gasteiger partial charge is 0.397 e. The molecule has 0 saturated carbocycles. The monoisotopic (exact) mass is 343 g/mol. The van der Waals surface area contributed by atoms with Gasteiger partial charge >= 0.3 is 0 Å². The van der Waals surface area contributed by atoms with E-state index in [2.05, 4.69) is 32.9 Å². The van der Waals surface area contributed by atoms with Crippen LogP contribution in [0.15, 0.2) is 30.3 Å². The smallest absolute Gasteiger partial charge is 0.130 e. The number of anilines is 3. The van der Waals surface area contributed by atoms with Crippen LogP contribution >= 0.6 is 22.6 Å². The van der Waals surface area contributed by atoms with Gasteiger partial charge in [-0.05, 0) is 59.8 Å². The molecule has 3 N–H and O–H groups in total. The third kappa shape index (κ3) is 2.85. The van der Waals surface area contributed by atoms with Crippen LogP contribution in [0.3, 0.4) is 0 Å². The number of nitrogens with one attached hydrogen (secondary N) is 1. The Labute approximate surface area is 112 Å². The molecular formula is C12H11FIN3. The van der Waals surface area contributed by atoms with E-state index in [1.54, 1.807) is 18.2 Å². The molecule has 0 atom stereocenters. The van der Waals surface area contributed by atoms with Gasteiger partial charge < -0.3 is 11.1 Å². The van der Waals surface area contributed by atoms with Gasteiger partial charge in [0.1, 0.15) is 11.6 Å². The van der Waals surface area contributed by atoms with Crippen LogP contribution in [0.5, 0.6) is 0 Å². The molecule has 2 rings (SSSR count). The zero-order chi connectivity index (χ0) is 12.4. The highest BCUT2D eigenvalue weighted by Gasteiger charge is 2.03. The lowest BCUT2D eigenvalue weighted by atomic mass is 10.3. The van der Waals surface area contributed by atoms with Crippen LogP contribution in [-0.4, -0.2) is 4.98 Å². The van der Waals surface area contributed by atoms with E-state index in [1.165, 1.54) is 12.1 Å². The Hall–Kier alpha value is -1.37. The van der Waals surface area contributed by atoms with Crippen molar-refractivity contribution in [2.45, 2.75) is 6.92 Å².